The summed E-state index contributed by atoms with van der Waals surface area (Å²) in [6.07, 6.45) is 0.630. The summed E-state index contributed by atoms with van der Waals surface area (Å²) in [6.45, 7) is 2.51. The number of hydrogen-bond donors (Lipinski definition) is 0. The smallest absolute Gasteiger partial charge is 0.417 e. The molecule has 1 aliphatic carbocycles. The molecule has 3 atom stereocenters. The van der Waals surface area contributed by atoms with Gasteiger partial charge in [-0.2, -0.15) is 28.2 Å². The van der Waals surface area contributed by atoms with Gasteiger partial charge in [0.05, 0.1) is 29.6 Å². The third-order valence-electron chi connectivity index (χ3n) is 6.11. The number of halogens is 3. The van der Waals surface area contributed by atoms with Gasteiger partial charge in [-0.3, -0.25) is 4.79 Å². The number of nitrogens with zero attached hydrogens (tertiary/aromatic N) is 5. The number of amides is 1. The van der Waals surface area contributed by atoms with E-state index < -0.39 is 11.7 Å². The minimum absolute atomic E-state index is 0.125. The van der Waals surface area contributed by atoms with Crippen LogP contribution in [0.5, 0.6) is 5.88 Å². The zero-order chi connectivity index (χ0) is 22.5. The van der Waals surface area contributed by atoms with Crippen molar-refractivity contribution in [2.24, 2.45) is 5.92 Å². The molecule has 2 aliphatic rings. The van der Waals surface area contributed by atoms with E-state index in [4.69, 9.17) is 4.74 Å². The van der Waals surface area contributed by atoms with Crippen LogP contribution in [0.15, 0.2) is 48.9 Å². The van der Waals surface area contributed by atoms with Crippen molar-refractivity contribution in [2.45, 2.75) is 38.1 Å². The molecule has 2 aromatic heterocycles. The number of ether oxygens (including phenoxy) is 1. The number of benzene rings is 1. The number of aryl methyl sites for hydroxylation is 1. The highest BCUT2D eigenvalue weighted by Gasteiger charge is 2.49. The van der Waals surface area contributed by atoms with Crippen molar-refractivity contribution in [3.8, 4) is 11.6 Å². The Labute approximate surface area is 181 Å². The maximum Gasteiger partial charge on any atom is 0.417 e. The van der Waals surface area contributed by atoms with Crippen LogP contribution in [0, 0.1) is 12.8 Å². The van der Waals surface area contributed by atoms with Crippen molar-refractivity contribution in [2.75, 3.05) is 6.54 Å². The predicted octanol–water partition coefficient (Wildman–Crippen LogP) is 3.67. The van der Waals surface area contributed by atoms with Crippen LogP contribution >= 0.6 is 0 Å². The molecule has 3 heterocycles. The van der Waals surface area contributed by atoms with Gasteiger partial charge < -0.3 is 9.64 Å². The van der Waals surface area contributed by atoms with Gasteiger partial charge in [-0.25, -0.2) is 4.98 Å². The van der Waals surface area contributed by atoms with E-state index in [0.717, 1.165) is 30.7 Å². The second-order valence-corrected chi connectivity index (χ2v) is 8.19. The van der Waals surface area contributed by atoms with E-state index in [1.165, 1.54) is 10.9 Å². The molecule has 5 rings (SSSR count). The Bertz CT molecular complexity index is 1130. The van der Waals surface area contributed by atoms with Gasteiger partial charge in [0, 0.05) is 18.8 Å². The molecule has 1 saturated heterocycles. The first-order chi connectivity index (χ1) is 15.3. The normalized spacial score (nSPS) is 22.4. The Morgan fingerprint density at radius 3 is 2.56 bits per heavy atom. The van der Waals surface area contributed by atoms with Gasteiger partial charge in [0.2, 0.25) is 5.88 Å². The van der Waals surface area contributed by atoms with E-state index in [1.54, 1.807) is 23.4 Å². The Hall–Kier alpha value is -3.43. The fourth-order valence-electron chi connectivity index (χ4n) is 4.68. The lowest BCUT2D eigenvalue weighted by Gasteiger charge is -2.33. The minimum Gasteiger partial charge on any atom is -0.472 e. The SMILES string of the molecule is Cc1cccc(C(=O)N2CC3C[C@@H](Oc4ccc(C(F)(F)F)cn4)[C@@H]2C3)c1-n1nccn1. The average Bonchev–Trinajstić information content (AvgIpc) is 3.50. The molecule has 3 aromatic rings. The highest BCUT2D eigenvalue weighted by atomic mass is 19.4. The van der Waals surface area contributed by atoms with E-state index in [1.807, 2.05) is 19.1 Å². The Morgan fingerprint density at radius 1 is 1.12 bits per heavy atom. The van der Waals surface area contributed by atoms with E-state index in [9.17, 15) is 18.0 Å². The molecule has 1 unspecified atom stereocenters. The zero-order valence-corrected chi connectivity index (χ0v) is 17.2. The number of hydrogen-bond acceptors (Lipinski definition) is 5. The third-order valence-corrected chi connectivity index (χ3v) is 6.11. The molecule has 166 valence electrons. The van der Waals surface area contributed by atoms with Gasteiger partial charge in [-0.1, -0.05) is 12.1 Å². The number of carbonyl (C=O) groups excluding carboxylic acids is 1. The molecule has 2 bridgehead atoms. The molecule has 2 fully saturated rings. The van der Waals surface area contributed by atoms with Gasteiger partial charge in [-0.15, -0.1) is 0 Å². The number of fused-ring (bicyclic) bond motifs is 2. The molecule has 0 N–H and O–H groups in total. The molecule has 1 amide bonds. The van der Waals surface area contributed by atoms with Gasteiger partial charge >= 0.3 is 6.18 Å². The lowest BCUT2D eigenvalue weighted by atomic mass is 10.0. The quantitative estimate of drug-likeness (QED) is 0.615. The highest BCUT2D eigenvalue weighted by Crippen LogP contribution is 2.41. The number of para-hydroxylation sites is 1. The fourth-order valence-corrected chi connectivity index (χ4v) is 4.68. The number of carbonyl (C=O) groups is 1. The van der Waals surface area contributed by atoms with Gasteiger partial charge in [0.25, 0.3) is 5.91 Å². The molecule has 10 heteroatoms. The molecule has 1 aliphatic heterocycles. The Balaban J connectivity index is 1.37. The molecular weight excluding hydrogens is 423 g/mol. The first-order valence-corrected chi connectivity index (χ1v) is 10.3. The number of pyridine rings is 1. The maximum atomic E-state index is 13.5. The molecule has 32 heavy (non-hydrogen) atoms. The number of aromatic nitrogens is 4. The van der Waals surface area contributed by atoms with Crippen molar-refractivity contribution >= 4 is 5.91 Å². The minimum atomic E-state index is -4.45. The number of rotatable bonds is 4. The van der Waals surface area contributed by atoms with Crippen molar-refractivity contribution < 1.29 is 22.7 Å². The van der Waals surface area contributed by atoms with Crippen LogP contribution < -0.4 is 4.74 Å². The van der Waals surface area contributed by atoms with Crippen molar-refractivity contribution in [1.82, 2.24) is 24.9 Å². The summed E-state index contributed by atoms with van der Waals surface area (Å²) in [7, 11) is 0. The Kier molecular flexibility index (Phi) is 4.87. The van der Waals surface area contributed by atoms with Crippen LogP contribution in [-0.2, 0) is 6.18 Å². The van der Waals surface area contributed by atoms with Gasteiger partial charge in [-0.05, 0) is 43.4 Å². The predicted molar refractivity (Wildman–Crippen MR) is 107 cm³/mol. The third kappa shape index (κ3) is 3.59. The van der Waals surface area contributed by atoms with E-state index in [-0.39, 0.29) is 29.9 Å². The summed E-state index contributed by atoms with van der Waals surface area (Å²) in [5.41, 5.74) is 1.18. The van der Waals surface area contributed by atoms with E-state index in [2.05, 4.69) is 15.2 Å². The lowest BCUT2D eigenvalue weighted by molar-refractivity contribution is -0.137. The summed E-state index contributed by atoms with van der Waals surface area (Å²) in [5.74, 6) is 0.265. The van der Waals surface area contributed by atoms with Crippen LogP contribution in [0.3, 0.4) is 0 Å². The standard InChI is InChI=1S/C22H20F3N5O2/c1-13-3-2-4-16(20(13)30-27-7-8-28-30)21(31)29-12-14-9-17(29)18(10-14)32-19-6-5-15(11-26-19)22(23,24)25/h2-8,11,14,17-18H,9-10,12H2,1H3/t14?,17-,18+/m0/s1. The molecule has 1 saturated carbocycles. The summed E-state index contributed by atoms with van der Waals surface area (Å²) < 4.78 is 44.2. The Morgan fingerprint density at radius 2 is 1.91 bits per heavy atom. The van der Waals surface area contributed by atoms with Crippen LogP contribution in [0.1, 0.15) is 34.3 Å². The van der Waals surface area contributed by atoms with E-state index >= 15 is 0 Å². The average molecular weight is 443 g/mol. The largest absolute Gasteiger partial charge is 0.472 e. The topological polar surface area (TPSA) is 73.1 Å². The van der Waals surface area contributed by atoms with Crippen molar-refractivity contribution in [1.29, 1.82) is 0 Å². The maximum absolute atomic E-state index is 13.5. The molecular formula is C22H20F3N5O2. The highest BCUT2D eigenvalue weighted by molar-refractivity contribution is 5.98. The summed E-state index contributed by atoms with van der Waals surface area (Å²) in [4.78, 5) is 20.6. The van der Waals surface area contributed by atoms with Crippen molar-refractivity contribution in [3.05, 3.63) is 65.6 Å². The van der Waals surface area contributed by atoms with Crippen LogP contribution in [0.4, 0.5) is 13.2 Å². The molecule has 0 radical (unpaired) electrons. The lowest BCUT2D eigenvalue weighted by Crippen LogP contribution is -2.47. The zero-order valence-electron chi connectivity index (χ0n) is 17.2. The van der Waals surface area contributed by atoms with Gasteiger partial charge in [0.1, 0.15) is 11.8 Å². The van der Waals surface area contributed by atoms with Crippen molar-refractivity contribution in [3.63, 3.8) is 0 Å². The van der Waals surface area contributed by atoms with Crippen LogP contribution in [-0.4, -0.2) is 49.5 Å². The monoisotopic (exact) mass is 443 g/mol. The summed E-state index contributed by atoms with van der Waals surface area (Å²) >= 11 is 0. The first-order valence-electron chi connectivity index (χ1n) is 10.3. The second kappa shape index (κ2) is 7.61. The molecule has 7 nitrogen and oxygen atoms in total. The summed E-state index contributed by atoms with van der Waals surface area (Å²) in [5, 5.41) is 8.36. The fraction of sp³-hybridized carbons (Fsp3) is 0.364. The van der Waals surface area contributed by atoms with Crippen LogP contribution in [0.25, 0.3) is 5.69 Å². The molecule has 1 aromatic carbocycles. The van der Waals surface area contributed by atoms with Crippen LogP contribution in [0.2, 0.25) is 0 Å². The number of piperidine rings is 1. The second-order valence-electron chi connectivity index (χ2n) is 8.19. The van der Waals surface area contributed by atoms with Gasteiger partial charge in [0.15, 0.2) is 0 Å². The number of alkyl halides is 3. The van der Waals surface area contributed by atoms with E-state index in [0.29, 0.717) is 17.8 Å². The first kappa shape index (κ1) is 20.5. The number of likely N-dealkylation sites (tertiary alicyclic amines) is 1. The molecule has 0 spiro atoms. The summed E-state index contributed by atoms with van der Waals surface area (Å²) in [6, 6.07) is 7.48.